The molecule has 0 bridgehead atoms. The van der Waals surface area contributed by atoms with Gasteiger partial charge in [-0.2, -0.15) is 5.26 Å². The number of nitrogens with one attached hydrogen (secondary N) is 1. The highest BCUT2D eigenvalue weighted by atomic mass is 35.5. The lowest BCUT2D eigenvalue weighted by Gasteiger charge is -2.39. The van der Waals surface area contributed by atoms with Gasteiger partial charge in [-0.25, -0.2) is 14.8 Å². The van der Waals surface area contributed by atoms with Crippen molar-refractivity contribution in [1.29, 1.82) is 5.26 Å². The molecule has 138 valence electrons. The predicted molar refractivity (Wildman–Crippen MR) is 101 cm³/mol. The van der Waals surface area contributed by atoms with E-state index in [-0.39, 0.29) is 18.0 Å². The maximum absolute atomic E-state index is 12.3. The summed E-state index contributed by atoms with van der Waals surface area (Å²) in [6.45, 7) is 2.57. The molecule has 1 aromatic carbocycles. The van der Waals surface area contributed by atoms with Crippen molar-refractivity contribution < 1.29 is 4.79 Å². The molecule has 27 heavy (non-hydrogen) atoms. The maximum Gasteiger partial charge on any atom is 0.317 e. The van der Waals surface area contributed by atoms with E-state index in [4.69, 9.17) is 16.9 Å². The number of benzene rings is 1. The van der Waals surface area contributed by atoms with E-state index in [1.165, 1.54) is 0 Å². The molecule has 1 aromatic heterocycles. The van der Waals surface area contributed by atoms with Crippen molar-refractivity contribution in [3.63, 3.8) is 0 Å². The van der Waals surface area contributed by atoms with Crippen LogP contribution in [0.1, 0.15) is 18.0 Å². The summed E-state index contributed by atoms with van der Waals surface area (Å²) in [5.74, 6) is 0.874. The third-order valence-electron chi connectivity index (χ3n) is 5.02. The number of aromatic nitrogens is 2. The third kappa shape index (κ3) is 3.81. The molecule has 0 saturated carbocycles. The van der Waals surface area contributed by atoms with Crippen LogP contribution in [0.5, 0.6) is 0 Å². The molecule has 1 atom stereocenters. The number of urea groups is 1. The number of halogens is 1. The summed E-state index contributed by atoms with van der Waals surface area (Å²) in [5, 5.41) is 12.6. The van der Waals surface area contributed by atoms with Crippen LogP contribution in [0, 0.1) is 11.5 Å². The Morgan fingerprint density at radius 1 is 1.22 bits per heavy atom. The van der Waals surface area contributed by atoms with E-state index in [0.717, 1.165) is 17.7 Å². The summed E-state index contributed by atoms with van der Waals surface area (Å²) in [6.07, 6.45) is 4.69. The number of nitriles is 1. The van der Waals surface area contributed by atoms with Crippen LogP contribution in [0.3, 0.4) is 0 Å². The Bertz CT molecular complexity index is 875. The van der Waals surface area contributed by atoms with Gasteiger partial charge >= 0.3 is 6.03 Å². The lowest BCUT2D eigenvalue weighted by atomic mass is 9.96. The number of hydrogen-bond acceptors (Lipinski definition) is 5. The van der Waals surface area contributed by atoms with E-state index in [1.807, 2.05) is 30.3 Å². The van der Waals surface area contributed by atoms with E-state index in [9.17, 15) is 4.79 Å². The van der Waals surface area contributed by atoms with Crippen molar-refractivity contribution in [1.82, 2.24) is 25.1 Å². The van der Waals surface area contributed by atoms with Gasteiger partial charge in [-0.15, -0.1) is 0 Å². The average molecular weight is 383 g/mol. The van der Waals surface area contributed by atoms with Crippen LogP contribution in [0.25, 0.3) is 11.4 Å². The zero-order valence-electron chi connectivity index (χ0n) is 14.7. The molecule has 0 spiro atoms. The molecule has 3 heterocycles. The molecule has 0 aliphatic carbocycles. The standard InChI is InChI=1S/C19H19ClN6O/c20-15-3-1-13(2-4-15)18-22-7-5-17(24-18)14-9-26(10-14)19(27)23-16-6-8-25(11-16)12-21/h1-5,7,14,16H,6,8-11H2,(H,23,27)/t16-/m1/s1. The summed E-state index contributed by atoms with van der Waals surface area (Å²) >= 11 is 5.93. The van der Waals surface area contributed by atoms with E-state index in [0.29, 0.717) is 37.0 Å². The molecule has 2 fully saturated rings. The van der Waals surface area contributed by atoms with Gasteiger partial charge in [0.1, 0.15) is 0 Å². The quantitative estimate of drug-likeness (QED) is 0.824. The first-order chi connectivity index (χ1) is 13.1. The molecule has 0 radical (unpaired) electrons. The molecule has 2 amide bonds. The molecule has 4 rings (SSSR count). The van der Waals surface area contributed by atoms with Crippen LogP contribution in [0.15, 0.2) is 36.5 Å². The molecular weight excluding hydrogens is 364 g/mol. The van der Waals surface area contributed by atoms with E-state index in [2.05, 4.69) is 21.5 Å². The second kappa shape index (κ2) is 7.41. The minimum atomic E-state index is -0.0666. The predicted octanol–water partition coefficient (Wildman–Crippen LogP) is 2.46. The zero-order valence-corrected chi connectivity index (χ0v) is 15.4. The van der Waals surface area contributed by atoms with E-state index >= 15 is 0 Å². The number of nitrogens with zero attached hydrogens (tertiary/aromatic N) is 5. The normalized spacial score (nSPS) is 19.5. The molecule has 0 unspecified atom stereocenters. The first kappa shape index (κ1) is 17.6. The van der Waals surface area contributed by atoms with Gasteiger partial charge < -0.3 is 15.1 Å². The lowest BCUT2D eigenvalue weighted by Crippen LogP contribution is -2.54. The van der Waals surface area contributed by atoms with E-state index < -0.39 is 0 Å². The number of carbonyl (C=O) groups excluding carboxylic acids is 1. The summed E-state index contributed by atoms with van der Waals surface area (Å²) in [6, 6.07) is 9.32. The van der Waals surface area contributed by atoms with Gasteiger partial charge in [-0.1, -0.05) is 11.6 Å². The van der Waals surface area contributed by atoms with Crippen molar-refractivity contribution in [2.45, 2.75) is 18.4 Å². The first-order valence-electron chi connectivity index (χ1n) is 8.91. The second-order valence-corrected chi connectivity index (χ2v) is 7.33. The Labute approximate surface area is 162 Å². The SMILES string of the molecule is N#CN1CC[C@@H](NC(=O)N2CC(c3ccnc(-c4ccc(Cl)cc4)n3)C2)C1. The number of likely N-dealkylation sites (tertiary alicyclic amines) is 2. The lowest BCUT2D eigenvalue weighted by molar-refractivity contribution is 0.147. The van der Waals surface area contributed by atoms with Crippen molar-refractivity contribution in [3.8, 4) is 17.6 Å². The monoisotopic (exact) mass is 382 g/mol. The number of carbonyl (C=O) groups is 1. The Hall–Kier alpha value is -2.85. The molecule has 2 saturated heterocycles. The van der Waals surface area contributed by atoms with Crippen LogP contribution in [-0.4, -0.2) is 58.0 Å². The van der Waals surface area contributed by atoms with Gasteiger partial charge in [0.25, 0.3) is 0 Å². The van der Waals surface area contributed by atoms with Crippen LogP contribution >= 0.6 is 11.6 Å². The number of hydrogen-bond donors (Lipinski definition) is 1. The van der Waals surface area contributed by atoms with Crippen LogP contribution in [0.2, 0.25) is 5.02 Å². The van der Waals surface area contributed by atoms with E-state index in [1.54, 1.807) is 16.0 Å². The van der Waals surface area contributed by atoms with Gasteiger partial charge in [0.2, 0.25) is 0 Å². The number of rotatable bonds is 3. The Kier molecular flexibility index (Phi) is 4.82. The fourth-order valence-corrected chi connectivity index (χ4v) is 3.53. The summed E-state index contributed by atoms with van der Waals surface area (Å²) in [7, 11) is 0. The first-order valence-corrected chi connectivity index (χ1v) is 9.29. The van der Waals surface area contributed by atoms with Gasteiger partial charge in [-0.05, 0) is 36.8 Å². The van der Waals surface area contributed by atoms with Crippen molar-refractivity contribution in [3.05, 3.63) is 47.2 Å². The maximum atomic E-state index is 12.3. The fourth-order valence-electron chi connectivity index (χ4n) is 3.40. The molecule has 1 N–H and O–H groups in total. The fraction of sp³-hybridized carbons (Fsp3) is 0.368. The molecule has 2 aliphatic heterocycles. The Morgan fingerprint density at radius 2 is 2.00 bits per heavy atom. The average Bonchev–Trinajstić information content (AvgIpc) is 3.09. The van der Waals surface area contributed by atoms with Gasteiger partial charge in [0.15, 0.2) is 12.0 Å². The highest BCUT2D eigenvalue weighted by Crippen LogP contribution is 2.27. The molecule has 2 aliphatic rings. The summed E-state index contributed by atoms with van der Waals surface area (Å²) in [5.41, 5.74) is 1.86. The van der Waals surface area contributed by atoms with Crippen LogP contribution in [0.4, 0.5) is 4.79 Å². The number of amides is 2. The van der Waals surface area contributed by atoms with Gasteiger partial charge in [0, 0.05) is 48.9 Å². The topological polar surface area (TPSA) is 85.2 Å². The molecule has 8 heteroatoms. The highest BCUT2D eigenvalue weighted by Gasteiger charge is 2.34. The Balaban J connectivity index is 1.34. The largest absolute Gasteiger partial charge is 0.333 e. The smallest absolute Gasteiger partial charge is 0.317 e. The second-order valence-electron chi connectivity index (χ2n) is 6.90. The van der Waals surface area contributed by atoms with Crippen LogP contribution < -0.4 is 5.32 Å². The third-order valence-corrected chi connectivity index (χ3v) is 5.28. The molecule has 7 nitrogen and oxygen atoms in total. The highest BCUT2D eigenvalue weighted by molar-refractivity contribution is 6.30. The summed E-state index contributed by atoms with van der Waals surface area (Å²) < 4.78 is 0. The molecule has 2 aromatic rings. The van der Waals surface area contributed by atoms with Crippen molar-refractivity contribution >= 4 is 17.6 Å². The minimum absolute atomic E-state index is 0.0479. The van der Waals surface area contributed by atoms with Crippen LogP contribution in [-0.2, 0) is 0 Å². The van der Waals surface area contributed by atoms with Gasteiger partial charge in [-0.3, -0.25) is 0 Å². The Morgan fingerprint density at radius 3 is 2.70 bits per heavy atom. The zero-order chi connectivity index (χ0) is 18.8. The van der Waals surface area contributed by atoms with Crippen molar-refractivity contribution in [2.24, 2.45) is 0 Å². The van der Waals surface area contributed by atoms with Crippen molar-refractivity contribution in [2.75, 3.05) is 26.2 Å². The summed E-state index contributed by atoms with van der Waals surface area (Å²) in [4.78, 5) is 24.8. The molecular formula is C19H19ClN6O. The van der Waals surface area contributed by atoms with Gasteiger partial charge in [0.05, 0.1) is 11.7 Å². The minimum Gasteiger partial charge on any atom is -0.333 e.